The van der Waals surface area contributed by atoms with Gasteiger partial charge in [0.25, 0.3) is 23.6 Å². The maximum atomic E-state index is 13.7. The van der Waals surface area contributed by atoms with Crippen LogP contribution in [-0.4, -0.2) is 126 Å². The number of likely N-dealkylation sites (N-methyl/N-ethyl adjacent to an activating group) is 4. The van der Waals surface area contributed by atoms with E-state index < -0.39 is 69.1 Å². The van der Waals surface area contributed by atoms with Gasteiger partial charge in [-0.15, -0.1) is 0 Å². The van der Waals surface area contributed by atoms with Gasteiger partial charge in [-0.05, 0) is 37.1 Å². The summed E-state index contributed by atoms with van der Waals surface area (Å²) in [4.78, 5) is 77.2. The second-order valence-corrected chi connectivity index (χ2v) is 14.1. The molecule has 0 saturated carbocycles. The van der Waals surface area contributed by atoms with Gasteiger partial charge in [-0.25, -0.2) is 22.7 Å². The lowest BCUT2D eigenvalue weighted by Gasteiger charge is -2.30. The van der Waals surface area contributed by atoms with E-state index in [4.69, 9.17) is 0 Å². The lowest BCUT2D eigenvalue weighted by molar-refractivity contribution is -0.144. The second-order valence-electron chi connectivity index (χ2n) is 11.5. The molecular formula is C30H35N10O10S2-. The molecule has 278 valence electrons. The third-order valence-electron chi connectivity index (χ3n) is 7.93. The van der Waals surface area contributed by atoms with E-state index in [9.17, 15) is 45.9 Å². The summed E-state index contributed by atoms with van der Waals surface area (Å²) in [5.41, 5.74) is -0.0216. The summed E-state index contributed by atoms with van der Waals surface area (Å²) in [5.74, 6) is -3.70. The van der Waals surface area contributed by atoms with E-state index in [2.05, 4.69) is 25.2 Å². The van der Waals surface area contributed by atoms with Crippen molar-refractivity contribution in [1.29, 1.82) is 0 Å². The first kappa shape index (κ1) is 39.5. The largest absolute Gasteiger partial charge is 0.755 e. The van der Waals surface area contributed by atoms with Crippen LogP contribution in [-0.2, 0) is 40.5 Å². The number of carbonyl (C=O) groups excluding carboxylic acids is 6. The number of imide groups is 4. The molecule has 52 heavy (non-hydrogen) atoms. The number of urea groups is 2. The maximum Gasteiger partial charge on any atom is 0.333 e. The molecule has 0 aromatic heterocycles. The number of nitrogens with zero attached hydrogens (tertiary/aromatic N) is 9. The lowest BCUT2D eigenvalue weighted by atomic mass is 10.0. The summed E-state index contributed by atoms with van der Waals surface area (Å²) in [6, 6.07) is 2.72. The zero-order valence-corrected chi connectivity index (χ0v) is 30.5. The number of hydrogen-bond donors (Lipinski definition) is 1. The Morgan fingerprint density at radius 2 is 1.17 bits per heavy atom. The zero-order valence-electron chi connectivity index (χ0n) is 28.9. The van der Waals surface area contributed by atoms with Crippen LogP contribution in [0, 0.1) is 0 Å². The Labute approximate surface area is 301 Å². The fraction of sp³-hybridized carbons (Fsp3) is 0.400. The fourth-order valence-electron chi connectivity index (χ4n) is 5.05. The number of carbonyl (C=O) groups is 6. The summed E-state index contributed by atoms with van der Waals surface area (Å²) < 4.78 is 55.8. The minimum atomic E-state index is -4.32. The highest BCUT2D eigenvalue weighted by Crippen LogP contribution is 2.40. The molecule has 0 aliphatic carbocycles. The molecule has 1 unspecified atom stereocenters. The van der Waals surface area contributed by atoms with Gasteiger partial charge in [0.05, 0.1) is 22.0 Å². The van der Waals surface area contributed by atoms with Gasteiger partial charge < -0.3 is 8.86 Å². The van der Waals surface area contributed by atoms with Crippen molar-refractivity contribution in [1.82, 2.24) is 24.3 Å². The molecule has 2 aromatic carbocycles. The standard InChI is InChI=1S/C30H36N10O10S2/c1-7-13-31-52(49,50)22-16-18(33-35-24-27(43)38(5)30(46)39(6)28(24)44)10-12-20(22)19-11-9-17(15-21(19)40(14-8-2)51(47)48)32-34-23-25(41)36(3)29(45)37(4)26(23)42/h9-12,15-16,23-24,31H,7-8,13-14H2,1-6H3,(H,47,48)/p-1. The maximum absolute atomic E-state index is 13.7. The van der Waals surface area contributed by atoms with Crippen LogP contribution in [0.15, 0.2) is 61.8 Å². The molecule has 2 saturated heterocycles. The third kappa shape index (κ3) is 7.78. The topological polar surface area (TPSA) is 254 Å². The zero-order chi connectivity index (χ0) is 38.7. The van der Waals surface area contributed by atoms with Crippen molar-refractivity contribution in [2.24, 2.45) is 20.5 Å². The highest BCUT2D eigenvalue weighted by molar-refractivity contribution is 7.89. The highest BCUT2D eigenvalue weighted by atomic mass is 32.2. The van der Waals surface area contributed by atoms with Crippen molar-refractivity contribution >= 4 is 74.0 Å². The average Bonchev–Trinajstić information content (AvgIpc) is 3.12. The quantitative estimate of drug-likeness (QED) is 0.177. The first-order chi connectivity index (χ1) is 24.5. The second kappa shape index (κ2) is 15.9. The lowest BCUT2D eigenvalue weighted by Crippen LogP contribution is -2.58. The summed E-state index contributed by atoms with van der Waals surface area (Å²) in [6.07, 6.45) is 0.768. The van der Waals surface area contributed by atoms with Crippen LogP contribution >= 0.6 is 0 Å². The van der Waals surface area contributed by atoms with E-state index in [1.807, 2.05) is 0 Å². The molecule has 2 aliphatic rings. The Morgan fingerprint density at radius 1 is 0.731 bits per heavy atom. The van der Waals surface area contributed by atoms with Crippen LogP contribution < -0.4 is 9.03 Å². The minimum absolute atomic E-state index is 0.0118. The van der Waals surface area contributed by atoms with Crippen LogP contribution in [0.1, 0.15) is 26.7 Å². The summed E-state index contributed by atoms with van der Waals surface area (Å²) in [6.45, 7) is 3.46. The van der Waals surface area contributed by atoms with E-state index in [1.165, 1.54) is 58.5 Å². The number of benzene rings is 2. The third-order valence-corrected chi connectivity index (χ3v) is 10.2. The molecule has 4 rings (SSSR count). The normalized spacial score (nSPS) is 17.4. The molecule has 0 spiro atoms. The molecule has 0 radical (unpaired) electrons. The minimum Gasteiger partial charge on any atom is -0.755 e. The highest BCUT2D eigenvalue weighted by Gasteiger charge is 2.44. The summed E-state index contributed by atoms with van der Waals surface area (Å²) in [7, 11) is 0.374. The first-order valence-corrected chi connectivity index (χ1v) is 18.1. The molecule has 2 aliphatic heterocycles. The van der Waals surface area contributed by atoms with Gasteiger partial charge in [0.15, 0.2) is 0 Å². The van der Waals surface area contributed by atoms with Gasteiger partial charge in [0, 0.05) is 63.7 Å². The van der Waals surface area contributed by atoms with Crippen molar-refractivity contribution in [2.45, 2.75) is 43.7 Å². The fourth-order valence-corrected chi connectivity index (χ4v) is 7.06. The number of azo groups is 2. The van der Waals surface area contributed by atoms with Gasteiger partial charge in [0.2, 0.25) is 22.1 Å². The Bertz CT molecular complexity index is 1970. The predicted molar refractivity (Wildman–Crippen MR) is 182 cm³/mol. The van der Waals surface area contributed by atoms with E-state index in [1.54, 1.807) is 13.8 Å². The van der Waals surface area contributed by atoms with E-state index in [0.717, 1.165) is 10.4 Å². The van der Waals surface area contributed by atoms with Crippen LogP contribution in [0.3, 0.4) is 0 Å². The molecule has 0 bridgehead atoms. The van der Waals surface area contributed by atoms with Crippen molar-refractivity contribution in [3.8, 4) is 11.1 Å². The van der Waals surface area contributed by atoms with Gasteiger partial charge in [-0.1, -0.05) is 26.0 Å². The van der Waals surface area contributed by atoms with Gasteiger partial charge >= 0.3 is 12.1 Å². The predicted octanol–water partition coefficient (Wildman–Crippen LogP) is 2.06. The van der Waals surface area contributed by atoms with E-state index >= 15 is 0 Å². The van der Waals surface area contributed by atoms with Crippen LogP contribution in [0.5, 0.6) is 0 Å². The molecule has 20 nitrogen and oxygen atoms in total. The SMILES string of the molecule is CCCNS(=O)(=O)c1cc(N=NC2C(=O)N(C)C(=O)N(C)C2=O)ccc1-c1ccc(N=NC2C(=O)N(C)C(=O)N(C)C2=O)cc1N(CCC)S(=O)[O-]. The number of nitrogens with one attached hydrogen (secondary N) is 1. The van der Waals surface area contributed by atoms with Crippen LogP contribution in [0.2, 0.25) is 0 Å². The van der Waals surface area contributed by atoms with Crippen LogP contribution in [0.25, 0.3) is 11.1 Å². The van der Waals surface area contributed by atoms with Crippen molar-refractivity contribution in [2.75, 3.05) is 45.6 Å². The number of anilines is 1. The molecule has 8 amide bonds. The molecular weight excluding hydrogens is 725 g/mol. The van der Waals surface area contributed by atoms with Crippen molar-refractivity contribution in [3.63, 3.8) is 0 Å². The van der Waals surface area contributed by atoms with E-state index in [-0.39, 0.29) is 46.2 Å². The molecule has 1 N–H and O–H groups in total. The number of rotatable bonds is 13. The summed E-state index contributed by atoms with van der Waals surface area (Å²) in [5, 5.41) is 15.6. The number of sulfonamides is 1. The summed E-state index contributed by atoms with van der Waals surface area (Å²) >= 11 is -2.88. The monoisotopic (exact) mass is 759 g/mol. The van der Waals surface area contributed by atoms with Gasteiger partial charge in [-0.3, -0.25) is 43.0 Å². The number of amides is 8. The smallest absolute Gasteiger partial charge is 0.333 e. The Morgan fingerprint density at radius 3 is 1.60 bits per heavy atom. The van der Waals surface area contributed by atoms with Gasteiger partial charge in [-0.2, -0.15) is 20.5 Å². The Kier molecular flexibility index (Phi) is 12.1. The first-order valence-electron chi connectivity index (χ1n) is 15.6. The Balaban J connectivity index is 1.86. The van der Waals surface area contributed by atoms with Crippen LogP contribution in [0.4, 0.5) is 26.7 Å². The van der Waals surface area contributed by atoms with Crippen molar-refractivity contribution < 1.29 is 45.9 Å². The van der Waals surface area contributed by atoms with Crippen molar-refractivity contribution in [3.05, 3.63) is 36.4 Å². The molecule has 1 atom stereocenters. The molecule has 2 heterocycles. The number of barbiturate groups is 2. The average molecular weight is 760 g/mol. The number of hydrogen-bond acceptors (Lipinski definition) is 14. The molecule has 2 fully saturated rings. The Hall–Kier alpha value is -5.32. The van der Waals surface area contributed by atoms with Gasteiger partial charge in [0.1, 0.15) is 0 Å². The molecule has 22 heteroatoms. The molecule has 2 aromatic rings. The van der Waals surface area contributed by atoms with E-state index in [0.29, 0.717) is 32.4 Å².